The molecule has 1 aromatic heterocycles. The van der Waals surface area contributed by atoms with E-state index in [0.717, 1.165) is 16.7 Å². The smallest absolute Gasteiger partial charge is 0.264 e. The molecule has 1 aromatic rings. The van der Waals surface area contributed by atoms with Crippen LogP contribution in [0.15, 0.2) is 22.8 Å². The summed E-state index contributed by atoms with van der Waals surface area (Å²) in [5, 5.41) is 9.98. The molecular formula is C12H17BrN2O5S. The van der Waals surface area contributed by atoms with Crippen molar-refractivity contribution in [1.82, 2.24) is 4.98 Å². The topological polar surface area (TPSA) is 89.0 Å². The predicted molar refractivity (Wildman–Crippen MR) is 80.7 cm³/mol. The van der Waals surface area contributed by atoms with Gasteiger partial charge in [-0.3, -0.25) is 4.18 Å². The van der Waals surface area contributed by atoms with Crippen LogP contribution in [0.2, 0.25) is 0 Å². The van der Waals surface area contributed by atoms with Crippen molar-refractivity contribution in [3.05, 3.63) is 22.8 Å². The Morgan fingerprint density at radius 3 is 2.86 bits per heavy atom. The van der Waals surface area contributed by atoms with Crippen molar-refractivity contribution >= 4 is 31.9 Å². The molecule has 118 valence electrons. The van der Waals surface area contributed by atoms with Gasteiger partial charge < -0.3 is 14.7 Å². The molecular weight excluding hydrogens is 364 g/mol. The molecule has 2 rings (SSSR count). The van der Waals surface area contributed by atoms with Crippen LogP contribution in [0.1, 0.15) is 0 Å². The monoisotopic (exact) mass is 380 g/mol. The number of halogens is 1. The van der Waals surface area contributed by atoms with Gasteiger partial charge in [0, 0.05) is 13.1 Å². The maximum Gasteiger partial charge on any atom is 0.264 e. The molecule has 0 radical (unpaired) electrons. The van der Waals surface area contributed by atoms with E-state index in [9.17, 15) is 13.5 Å². The van der Waals surface area contributed by atoms with Gasteiger partial charge in [0.15, 0.2) is 0 Å². The molecule has 0 aliphatic carbocycles. The highest BCUT2D eigenvalue weighted by Crippen LogP contribution is 2.21. The molecule has 1 aliphatic heterocycles. The molecule has 9 heteroatoms. The van der Waals surface area contributed by atoms with Crippen molar-refractivity contribution < 1.29 is 22.4 Å². The number of aromatic nitrogens is 1. The second-order valence-corrected chi connectivity index (χ2v) is 7.18. The Labute approximate surface area is 132 Å². The van der Waals surface area contributed by atoms with Gasteiger partial charge in [0.25, 0.3) is 10.1 Å². The van der Waals surface area contributed by atoms with E-state index >= 15 is 0 Å². The Balaban J connectivity index is 1.84. The maximum atomic E-state index is 10.8. The van der Waals surface area contributed by atoms with Crippen molar-refractivity contribution in [3.8, 4) is 0 Å². The van der Waals surface area contributed by atoms with E-state index in [1.54, 1.807) is 0 Å². The van der Waals surface area contributed by atoms with Crippen LogP contribution in [-0.2, 0) is 19.0 Å². The first-order valence-corrected chi connectivity index (χ1v) is 8.98. The fraction of sp³-hybridized carbons (Fsp3) is 0.583. The first-order chi connectivity index (χ1) is 9.85. The summed E-state index contributed by atoms with van der Waals surface area (Å²) in [6.07, 6.45) is -0.0593. The van der Waals surface area contributed by atoms with Crippen LogP contribution in [0.4, 0.5) is 5.82 Å². The Bertz CT molecular complexity index is 583. The van der Waals surface area contributed by atoms with Crippen LogP contribution in [0, 0.1) is 0 Å². The molecule has 0 aromatic carbocycles. The van der Waals surface area contributed by atoms with E-state index in [1.807, 2.05) is 23.1 Å². The summed E-state index contributed by atoms with van der Waals surface area (Å²) in [6.45, 7) is 0.955. The first kappa shape index (κ1) is 16.6. The van der Waals surface area contributed by atoms with Crippen molar-refractivity contribution in [2.24, 2.45) is 0 Å². The first-order valence-electron chi connectivity index (χ1n) is 6.37. The van der Waals surface area contributed by atoms with Gasteiger partial charge in [-0.2, -0.15) is 8.42 Å². The van der Waals surface area contributed by atoms with Crippen molar-refractivity contribution in [2.75, 3.05) is 37.5 Å². The summed E-state index contributed by atoms with van der Waals surface area (Å²) in [5.41, 5.74) is 0. The van der Waals surface area contributed by atoms with Crippen LogP contribution < -0.4 is 4.90 Å². The number of nitrogens with zero attached hydrogens (tertiary/aromatic N) is 2. The van der Waals surface area contributed by atoms with Crippen molar-refractivity contribution in [3.63, 3.8) is 0 Å². The zero-order chi connectivity index (χ0) is 15.5. The number of aliphatic hydroxyl groups excluding tert-OH is 1. The molecule has 21 heavy (non-hydrogen) atoms. The fourth-order valence-electron chi connectivity index (χ4n) is 2.07. The quantitative estimate of drug-likeness (QED) is 0.433. The Morgan fingerprint density at radius 1 is 1.43 bits per heavy atom. The number of aliphatic hydroxyl groups is 1. The third-order valence-corrected chi connectivity index (χ3v) is 4.01. The van der Waals surface area contributed by atoms with Gasteiger partial charge in [-0.1, -0.05) is 6.07 Å². The summed E-state index contributed by atoms with van der Waals surface area (Å²) in [5.74, 6) is 0.752. The highest BCUT2D eigenvalue weighted by atomic mass is 79.9. The van der Waals surface area contributed by atoms with Gasteiger partial charge in [0.2, 0.25) is 0 Å². The van der Waals surface area contributed by atoms with Crippen LogP contribution in [-0.4, -0.2) is 63.3 Å². The fourth-order valence-corrected chi connectivity index (χ4v) is 2.77. The summed E-state index contributed by atoms with van der Waals surface area (Å²) in [4.78, 5) is 6.24. The third kappa shape index (κ3) is 5.19. The lowest BCUT2D eigenvalue weighted by atomic mass is 10.3. The van der Waals surface area contributed by atoms with Crippen LogP contribution in [0.3, 0.4) is 0 Å². The lowest BCUT2D eigenvalue weighted by molar-refractivity contribution is -0.0170. The molecule has 7 nitrogen and oxygen atoms in total. The number of ether oxygens (including phenoxy) is 1. The molecule has 1 aliphatic rings. The van der Waals surface area contributed by atoms with Gasteiger partial charge in [-0.25, -0.2) is 4.98 Å². The van der Waals surface area contributed by atoms with E-state index in [0.29, 0.717) is 13.1 Å². The van der Waals surface area contributed by atoms with E-state index in [-0.39, 0.29) is 13.2 Å². The molecule has 1 saturated heterocycles. The molecule has 1 N–H and O–H groups in total. The normalized spacial score (nSPS) is 22.7. The number of hydrogen-bond donors (Lipinski definition) is 1. The number of rotatable bonds is 6. The third-order valence-electron chi connectivity index (χ3n) is 2.97. The Kier molecular flexibility index (Phi) is 5.55. The highest BCUT2D eigenvalue weighted by Gasteiger charge is 2.32. The number of pyridine rings is 1. The standard InChI is InChI=1S/C12H17BrN2O5S/c1-21(17,18)20-6-5-19-10-8-15(7-9(10)16)12-4-2-3-11(13)14-12/h2-4,9-10,16H,5-8H2,1H3. The van der Waals surface area contributed by atoms with E-state index < -0.39 is 22.3 Å². The second-order valence-electron chi connectivity index (χ2n) is 4.73. The van der Waals surface area contributed by atoms with Gasteiger partial charge in [0.05, 0.1) is 25.6 Å². The van der Waals surface area contributed by atoms with E-state index in [2.05, 4.69) is 25.1 Å². The lowest BCUT2D eigenvalue weighted by Gasteiger charge is -2.17. The minimum atomic E-state index is -3.46. The summed E-state index contributed by atoms with van der Waals surface area (Å²) in [6, 6.07) is 5.55. The average Bonchev–Trinajstić information content (AvgIpc) is 2.75. The molecule has 0 amide bonds. The molecule has 2 heterocycles. The van der Waals surface area contributed by atoms with Crippen LogP contribution >= 0.6 is 15.9 Å². The van der Waals surface area contributed by atoms with Gasteiger partial charge in [0.1, 0.15) is 16.5 Å². The second kappa shape index (κ2) is 7.01. The van der Waals surface area contributed by atoms with E-state index in [1.165, 1.54) is 0 Å². The minimum Gasteiger partial charge on any atom is -0.388 e. The molecule has 0 saturated carbocycles. The Hall–Kier alpha value is -0.740. The summed E-state index contributed by atoms with van der Waals surface area (Å²) < 4.78 is 32.4. The highest BCUT2D eigenvalue weighted by molar-refractivity contribution is 9.10. The average molecular weight is 381 g/mol. The maximum absolute atomic E-state index is 10.8. The summed E-state index contributed by atoms with van der Waals surface area (Å²) in [7, 11) is -3.46. The molecule has 2 atom stereocenters. The Morgan fingerprint density at radius 2 is 2.19 bits per heavy atom. The zero-order valence-corrected chi connectivity index (χ0v) is 13.9. The van der Waals surface area contributed by atoms with Crippen LogP contribution in [0.25, 0.3) is 0 Å². The minimum absolute atomic E-state index is 0.0583. The van der Waals surface area contributed by atoms with Gasteiger partial charge in [-0.05, 0) is 28.1 Å². The van der Waals surface area contributed by atoms with E-state index in [4.69, 9.17) is 4.74 Å². The van der Waals surface area contributed by atoms with Crippen molar-refractivity contribution in [2.45, 2.75) is 12.2 Å². The van der Waals surface area contributed by atoms with Crippen LogP contribution in [0.5, 0.6) is 0 Å². The van der Waals surface area contributed by atoms with Gasteiger partial charge >= 0.3 is 0 Å². The van der Waals surface area contributed by atoms with Crippen molar-refractivity contribution in [1.29, 1.82) is 0 Å². The number of anilines is 1. The molecule has 2 unspecified atom stereocenters. The molecule has 0 bridgehead atoms. The summed E-state index contributed by atoms with van der Waals surface area (Å²) >= 11 is 3.30. The molecule has 1 fully saturated rings. The zero-order valence-electron chi connectivity index (χ0n) is 11.5. The SMILES string of the molecule is CS(=O)(=O)OCCOC1CN(c2cccc(Br)n2)CC1O. The lowest BCUT2D eigenvalue weighted by Crippen LogP contribution is -2.28. The number of β-amino-alcohol motifs (C(OH)–C–C–N with tert-alkyl or cyclic N) is 1. The predicted octanol–water partition coefficient (Wildman–Crippen LogP) is 0.386. The number of hydrogen-bond acceptors (Lipinski definition) is 7. The largest absolute Gasteiger partial charge is 0.388 e. The molecule has 0 spiro atoms. The van der Waals surface area contributed by atoms with Gasteiger partial charge in [-0.15, -0.1) is 0 Å².